The third-order valence-electron chi connectivity index (χ3n) is 3.90. The van der Waals surface area contributed by atoms with E-state index in [1.165, 1.54) is 0 Å². The van der Waals surface area contributed by atoms with Crippen LogP contribution in [0.3, 0.4) is 0 Å². The highest BCUT2D eigenvalue weighted by atomic mass is 35.5. The fraction of sp³-hybridized carbons (Fsp3) is 0.278. The molecule has 24 heavy (non-hydrogen) atoms. The van der Waals surface area contributed by atoms with Crippen LogP contribution in [-0.4, -0.2) is 16.4 Å². The van der Waals surface area contributed by atoms with Gasteiger partial charge in [0.05, 0.1) is 0 Å². The van der Waals surface area contributed by atoms with Gasteiger partial charge in [-0.05, 0) is 36.6 Å². The summed E-state index contributed by atoms with van der Waals surface area (Å²) in [4.78, 5) is 12.6. The number of nitrogens with one attached hydrogen (secondary N) is 1. The van der Waals surface area contributed by atoms with Gasteiger partial charge in [-0.3, -0.25) is 9.00 Å². The summed E-state index contributed by atoms with van der Waals surface area (Å²) < 4.78 is 11.4. The molecule has 0 aliphatic carbocycles. The number of amides is 1. The molecular weight excluding hydrogens is 344 g/mol. The van der Waals surface area contributed by atoms with Crippen molar-refractivity contribution in [3.8, 4) is 0 Å². The number of carbonyl (C=O) groups excluding carboxylic acids is 1. The third kappa shape index (κ3) is 4.66. The topological polar surface area (TPSA) is 72.2 Å². The van der Waals surface area contributed by atoms with Crippen molar-refractivity contribution in [3.63, 3.8) is 0 Å². The van der Waals surface area contributed by atoms with Gasteiger partial charge in [0, 0.05) is 28.5 Å². The molecule has 0 aliphatic rings. The number of rotatable bonds is 5. The second-order valence-electron chi connectivity index (χ2n) is 5.83. The molecule has 2 aromatic rings. The van der Waals surface area contributed by atoms with E-state index in [4.69, 9.17) is 5.73 Å². The van der Waals surface area contributed by atoms with E-state index in [2.05, 4.69) is 5.32 Å². The van der Waals surface area contributed by atoms with Gasteiger partial charge in [-0.15, -0.1) is 12.4 Å². The molecule has 130 valence electrons. The zero-order valence-corrected chi connectivity index (χ0v) is 15.7. The summed E-state index contributed by atoms with van der Waals surface area (Å²) in [7, 11) is -0.932. The number of halogens is 1. The summed E-state index contributed by atoms with van der Waals surface area (Å²) >= 11 is 0. The van der Waals surface area contributed by atoms with Crippen LogP contribution in [0.5, 0.6) is 0 Å². The van der Waals surface area contributed by atoms with Crippen molar-refractivity contribution in [1.29, 1.82) is 0 Å². The Bertz CT molecular complexity index is 733. The highest BCUT2D eigenvalue weighted by Gasteiger charge is 2.30. The van der Waals surface area contributed by atoms with Gasteiger partial charge in [0.25, 0.3) is 0 Å². The van der Waals surface area contributed by atoms with Crippen LogP contribution in [-0.2, 0) is 26.9 Å². The second kappa shape index (κ2) is 8.42. The lowest BCUT2D eigenvalue weighted by molar-refractivity contribution is -0.120. The molecule has 0 aromatic heterocycles. The van der Waals surface area contributed by atoms with Gasteiger partial charge in [0.15, 0.2) is 0 Å². The Morgan fingerprint density at radius 3 is 2.38 bits per heavy atom. The van der Waals surface area contributed by atoms with E-state index in [1.54, 1.807) is 13.2 Å². The van der Waals surface area contributed by atoms with Crippen LogP contribution in [0.1, 0.15) is 23.6 Å². The van der Waals surface area contributed by atoms with E-state index in [0.717, 1.165) is 16.7 Å². The maximum absolute atomic E-state index is 12.6. The normalized spacial score (nSPS) is 14.2. The molecule has 0 heterocycles. The first-order chi connectivity index (χ1) is 10.8. The van der Waals surface area contributed by atoms with Crippen molar-refractivity contribution in [2.24, 2.45) is 5.73 Å². The maximum Gasteiger partial charge on any atom is 0.248 e. The van der Waals surface area contributed by atoms with E-state index in [0.29, 0.717) is 11.4 Å². The minimum atomic E-state index is -1.13. The van der Waals surface area contributed by atoms with E-state index < -0.39 is 16.3 Å². The van der Waals surface area contributed by atoms with Gasteiger partial charge >= 0.3 is 0 Å². The molecule has 0 aliphatic heterocycles. The highest BCUT2D eigenvalue weighted by molar-refractivity contribution is 7.83. The summed E-state index contributed by atoms with van der Waals surface area (Å²) in [5.41, 5.74) is 8.44. The van der Waals surface area contributed by atoms with Gasteiger partial charge in [0.1, 0.15) is 5.54 Å². The lowest BCUT2D eigenvalue weighted by Gasteiger charge is -2.25. The van der Waals surface area contributed by atoms with Crippen molar-refractivity contribution >= 4 is 34.8 Å². The van der Waals surface area contributed by atoms with Crippen molar-refractivity contribution in [1.82, 2.24) is 0 Å². The van der Waals surface area contributed by atoms with Crippen LogP contribution < -0.4 is 11.1 Å². The first-order valence-corrected chi connectivity index (χ1v) is 9.09. The number of nitrogens with two attached hydrogens (primary N) is 1. The van der Waals surface area contributed by atoms with Crippen LogP contribution in [0, 0.1) is 6.92 Å². The Kier molecular flexibility index (Phi) is 7.14. The lowest BCUT2D eigenvalue weighted by Crippen LogP contribution is -2.45. The fourth-order valence-corrected chi connectivity index (χ4v) is 3.11. The quantitative estimate of drug-likeness (QED) is 0.853. The van der Waals surface area contributed by atoms with Gasteiger partial charge in [-0.2, -0.15) is 0 Å². The van der Waals surface area contributed by atoms with Gasteiger partial charge in [-0.25, -0.2) is 0 Å². The molecule has 3 N–H and O–H groups in total. The van der Waals surface area contributed by atoms with Crippen LogP contribution in [0.4, 0.5) is 5.69 Å². The molecule has 2 rings (SSSR count). The maximum atomic E-state index is 12.6. The Labute approximate surface area is 151 Å². The third-order valence-corrected chi connectivity index (χ3v) is 4.62. The number of anilines is 1. The molecule has 2 aromatic carbocycles. The van der Waals surface area contributed by atoms with Crippen LogP contribution in [0.25, 0.3) is 0 Å². The minimum absolute atomic E-state index is 0. The fourth-order valence-electron chi connectivity index (χ4n) is 2.36. The zero-order chi connectivity index (χ0) is 17.0. The average Bonchev–Trinajstić information content (AvgIpc) is 2.51. The number of hydrogen-bond donors (Lipinski definition) is 2. The molecule has 0 saturated heterocycles. The SMILES string of the molecule is Cc1c(CS(C)=O)cccc1NC(=O)C(C)(N)c1ccccc1.Cl. The van der Waals surface area contributed by atoms with Gasteiger partial charge in [0.2, 0.25) is 5.91 Å². The number of hydrogen-bond acceptors (Lipinski definition) is 3. The summed E-state index contributed by atoms with van der Waals surface area (Å²) in [6, 6.07) is 14.9. The van der Waals surface area contributed by atoms with Crippen LogP contribution in [0.2, 0.25) is 0 Å². The monoisotopic (exact) mass is 366 g/mol. The summed E-state index contributed by atoms with van der Waals surface area (Å²) in [5.74, 6) is 0.190. The molecule has 4 nitrogen and oxygen atoms in total. The Balaban J connectivity index is 0.00000288. The molecule has 0 saturated carbocycles. The van der Waals surface area contributed by atoms with Gasteiger partial charge < -0.3 is 11.1 Å². The second-order valence-corrected chi connectivity index (χ2v) is 7.26. The van der Waals surface area contributed by atoms with Crippen molar-refractivity contribution in [3.05, 3.63) is 65.2 Å². The van der Waals surface area contributed by atoms with E-state index >= 15 is 0 Å². The average molecular weight is 367 g/mol. The first kappa shape index (κ1) is 20.4. The standard InChI is InChI=1S/C18H22N2O2S.ClH/c1-13-14(12-23(3)22)8-7-11-16(13)20-17(21)18(2,19)15-9-5-4-6-10-15;/h4-11H,12,19H2,1-3H3,(H,20,21);1H. The molecule has 0 fully saturated rings. The molecule has 2 unspecified atom stereocenters. The summed E-state index contributed by atoms with van der Waals surface area (Å²) in [6.45, 7) is 3.60. The molecule has 0 radical (unpaired) electrons. The smallest absolute Gasteiger partial charge is 0.248 e. The molecule has 1 amide bonds. The van der Waals surface area contributed by atoms with Crippen LogP contribution >= 0.6 is 12.4 Å². The minimum Gasteiger partial charge on any atom is -0.324 e. The zero-order valence-electron chi connectivity index (χ0n) is 14.0. The van der Waals surface area contributed by atoms with Crippen molar-refractivity contribution < 1.29 is 9.00 Å². The Hall–Kier alpha value is -1.69. The highest BCUT2D eigenvalue weighted by Crippen LogP contribution is 2.24. The Morgan fingerprint density at radius 2 is 1.79 bits per heavy atom. The predicted octanol–water partition coefficient (Wildman–Crippen LogP) is 3.11. The van der Waals surface area contributed by atoms with Crippen LogP contribution in [0.15, 0.2) is 48.5 Å². The van der Waals surface area contributed by atoms with E-state index in [1.807, 2.05) is 55.5 Å². The summed E-state index contributed by atoms with van der Waals surface area (Å²) in [5, 5.41) is 2.90. The van der Waals surface area contributed by atoms with Crippen molar-refractivity contribution in [2.45, 2.75) is 25.1 Å². The number of benzene rings is 2. The van der Waals surface area contributed by atoms with Gasteiger partial charge in [-0.1, -0.05) is 42.5 Å². The molecule has 0 spiro atoms. The Morgan fingerprint density at radius 1 is 1.17 bits per heavy atom. The lowest BCUT2D eigenvalue weighted by atomic mass is 9.92. The van der Waals surface area contributed by atoms with Crippen molar-refractivity contribution in [2.75, 3.05) is 11.6 Å². The molecule has 6 heteroatoms. The molecule has 2 atom stereocenters. The number of carbonyl (C=O) groups is 1. The predicted molar refractivity (Wildman–Crippen MR) is 103 cm³/mol. The van der Waals surface area contributed by atoms with E-state index in [-0.39, 0.29) is 18.3 Å². The summed E-state index contributed by atoms with van der Waals surface area (Å²) in [6.07, 6.45) is 1.66. The largest absolute Gasteiger partial charge is 0.324 e. The first-order valence-electron chi connectivity index (χ1n) is 7.36. The molecular formula is C18H23ClN2O2S. The molecule has 0 bridgehead atoms. The van der Waals surface area contributed by atoms with E-state index in [9.17, 15) is 9.00 Å².